The predicted molar refractivity (Wildman–Crippen MR) is 67.2 cm³/mol. The summed E-state index contributed by atoms with van der Waals surface area (Å²) in [4.78, 5) is -0.0854. The average Bonchev–Trinajstić information content (AvgIpc) is 2.32. The molecule has 0 radical (unpaired) electrons. The fourth-order valence-corrected chi connectivity index (χ4v) is 3.21. The second-order valence-corrected chi connectivity index (χ2v) is 5.64. The highest BCUT2D eigenvalue weighted by Gasteiger charge is 2.25. The summed E-state index contributed by atoms with van der Waals surface area (Å²) in [6, 6.07) is 3.90. The molecular weight excluding hydrogens is 257 g/mol. The standard InChI is InChI=1S/C12H16FNO3S/c1-3-7-14(8-9-15)18(16,17)12-6-4-5-11(13)10(12)2/h3-6,15H,1,7-9H2,2H3. The summed E-state index contributed by atoms with van der Waals surface area (Å²) in [6.45, 7) is 4.59. The molecule has 1 N–H and O–H groups in total. The van der Waals surface area contributed by atoms with E-state index < -0.39 is 15.8 Å². The van der Waals surface area contributed by atoms with Crippen LogP contribution in [0.2, 0.25) is 0 Å². The number of rotatable bonds is 6. The molecular formula is C12H16FNO3S. The van der Waals surface area contributed by atoms with Crippen molar-refractivity contribution in [3.63, 3.8) is 0 Å². The van der Waals surface area contributed by atoms with Crippen molar-refractivity contribution in [2.24, 2.45) is 0 Å². The molecule has 0 saturated heterocycles. The van der Waals surface area contributed by atoms with E-state index in [0.717, 1.165) is 4.31 Å². The number of hydrogen-bond acceptors (Lipinski definition) is 3. The van der Waals surface area contributed by atoms with Crippen LogP contribution in [0.25, 0.3) is 0 Å². The van der Waals surface area contributed by atoms with Crippen LogP contribution in [0.1, 0.15) is 5.56 Å². The van der Waals surface area contributed by atoms with Gasteiger partial charge in [0.05, 0.1) is 11.5 Å². The molecule has 0 unspecified atom stereocenters. The molecule has 0 aliphatic rings. The molecule has 0 heterocycles. The van der Waals surface area contributed by atoms with Gasteiger partial charge in [-0.1, -0.05) is 12.1 Å². The van der Waals surface area contributed by atoms with Gasteiger partial charge in [0, 0.05) is 18.7 Å². The summed E-state index contributed by atoms with van der Waals surface area (Å²) in [7, 11) is -3.82. The fourth-order valence-electron chi connectivity index (χ4n) is 1.57. The summed E-state index contributed by atoms with van der Waals surface area (Å²) >= 11 is 0. The lowest BCUT2D eigenvalue weighted by Crippen LogP contribution is -2.34. The van der Waals surface area contributed by atoms with Gasteiger partial charge in [0.25, 0.3) is 0 Å². The third-order valence-corrected chi connectivity index (χ3v) is 4.53. The van der Waals surface area contributed by atoms with E-state index in [0.29, 0.717) is 0 Å². The zero-order valence-electron chi connectivity index (χ0n) is 10.1. The van der Waals surface area contributed by atoms with E-state index >= 15 is 0 Å². The first kappa shape index (κ1) is 14.8. The van der Waals surface area contributed by atoms with Crippen LogP contribution in [0.4, 0.5) is 4.39 Å². The van der Waals surface area contributed by atoms with Crippen LogP contribution in [0.5, 0.6) is 0 Å². The van der Waals surface area contributed by atoms with Crippen LogP contribution in [0, 0.1) is 12.7 Å². The Kier molecular flexibility index (Phi) is 5.01. The van der Waals surface area contributed by atoms with Crippen LogP contribution < -0.4 is 0 Å². The Bertz CT molecular complexity index is 528. The molecule has 0 aliphatic heterocycles. The molecule has 0 atom stereocenters. The largest absolute Gasteiger partial charge is 0.395 e. The van der Waals surface area contributed by atoms with Crippen molar-refractivity contribution in [2.75, 3.05) is 19.7 Å². The second kappa shape index (κ2) is 6.08. The normalized spacial score (nSPS) is 11.8. The van der Waals surface area contributed by atoms with Crippen LogP contribution in [-0.4, -0.2) is 37.5 Å². The monoisotopic (exact) mass is 273 g/mol. The maximum absolute atomic E-state index is 13.4. The van der Waals surface area contributed by atoms with Gasteiger partial charge in [-0.3, -0.25) is 0 Å². The molecule has 1 rings (SSSR count). The van der Waals surface area contributed by atoms with E-state index in [9.17, 15) is 12.8 Å². The molecule has 1 aromatic carbocycles. The highest BCUT2D eigenvalue weighted by atomic mass is 32.2. The summed E-state index contributed by atoms with van der Waals surface area (Å²) in [5.41, 5.74) is 0.0736. The highest BCUT2D eigenvalue weighted by Crippen LogP contribution is 2.21. The summed E-state index contributed by atoms with van der Waals surface area (Å²) in [5.74, 6) is -0.571. The lowest BCUT2D eigenvalue weighted by molar-refractivity contribution is 0.260. The molecule has 0 aliphatic carbocycles. The molecule has 0 amide bonds. The summed E-state index contributed by atoms with van der Waals surface area (Å²) in [6.07, 6.45) is 1.42. The molecule has 6 heteroatoms. The van der Waals surface area contributed by atoms with E-state index in [2.05, 4.69) is 6.58 Å². The molecule has 0 aromatic heterocycles. The number of sulfonamides is 1. The molecule has 0 bridgehead atoms. The number of halogens is 1. The first-order valence-electron chi connectivity index (χ1n) is 5.42. The van der Waals surface area contributed by atoms with Gasteiger partial charge in [0.1, 0.15) is 5.82 Å². The van der Waals surface area contributed by atoms with Gasteiger partial charge in [-0.2, -0.15) is 4.31 Å². The Morgan fingerprint density at radius 2 is 2.17 bits per heavy atom. The summed E-state index contributed by atoms with van der Waals surface area (Å²) < 4.78 is 39.0. The SMILES string of the molecule is C=CCN(CCO)S(=O)(=O)c1cccc(F)c1C. The summed E-state index contributed by atoms with van der Waals surface area (Å²) in [5, 5.41) is 8.88. The van der Waals surface area contributed by atoms with Crippen molar-refractivity contribution in [1.29, 1.82) is 0 Å². The molecule has 100 valence electrons. The first-order chi connectivity index (χ1) is 8.45. The minimum atomic E-state index is -3.82. The number of nitrogens with zero attached hydrogens (tertiary/aromatic N) is 1. The Labute approximate surface area is 106 Å². The molecule has 4 nitrogen and oxygen atoms in total. The van der Waals surface area contributed by atoms with Crippen molar-refractivity contribution in [1.82, 2.24) is 4.31 Å². The Balaban J connectivity index is 3.26. The minimum Gasteiger partial charge on any atom is -0.395 e. The van der Waals surface area contributed by atoms with Crippen molar-refractivity contribution >= 4 is 10.0 Å². The molecule has 0 saturated carbocycles. The maximum atomic E-state index is 13.4. The highest BCUT2D eigenvalue weighted by molar-refractivity contribution is 7.89. The van der Waals surface area contributed by atoms with Crippen molar-refractivity contribution in [3.05, 3.63) is 42.2 Å². The number of aliphatic hydroxyl groups excluding tert-OH is 1. The Morgan fingerprint density at radius 3 is 2.72 bits per heavy atom. The average molecular weight is 273 g/mol. The predicted octanol–water partition coefficient (Wildman–Crippen LogP) is 1.30. The topological polar surface area (TPSA) is 57.6 Å². The molecule has 1 aromatic rings. The van der Waals surface area contributed by atoms with Gasteiger partial charge in [0.15, 0.2) is 0 Å². The lowest BCUT2D eigenvalue weighted by atomic mass is 10.2. The number of aliphatic hydroxyl groups is 1. The van der Waals surface area contributed by atoms with E-state index in [-0.39, 0.29) is 30.2 Å². The van der Waals surface area contributed by atoms with Crippen LogP contribution in [0.3, 0.4) is 0 Å². The van der Waals surface area contributed by atoms with Gasteiger partial charge in [0.2, 0.25) is 10.0 Å². The quantitative estimate of drug-likeness (QED) is 0.795. The van der Waals surface area contributed by atoms with E-state index in [1.54, 1.807) is 0 Å². The Hall–Kier alpha value is -1.24. The van der Waals surface area contributed by atoms with Gasteiger partial charge in [-0.05, 0) is 19.1 Å². The maximum Gasteiger partial charge on any atom is 0.243 e. The van der Waals surface area contributed by atoms with Gasteiger partial charge < -0.3 is 5.11 Å². The van der Waals surface area contributed by atoms with E-state index in [1.807, 2.05) is 0 Å². The molecule has 0 fully saturated rings. The minimum absolute atomic E-state index is 0.0513. The zero-order chi connectivity index (χ0) is 13.8. The second-order valence-electron chi connectivity index (χ2n) is 3.74. The molecule has 18 heavy (non-hydrogen) atoms. The number of benzene rings is 1. The van der Waals surface area contributed by atoms with Crippen LogP contribution in [0.15, 0.2) is 35.7 Å². The lowest BCUT2D eigenvalue weighted by Gasteiger charge is -2.20. The zero-order valence-corrected chi connectivity index (χ0v) is 11.0. The van der Waals surface area contributed by atoms with Crippen molar-refractivity contribution in [3.8, 4) is 0 Å². The molecule has 0 spiro atoms. The fraction of sp³-hybridized carbons (Fsp3) is 0.333. The van der Waals surface area contributed by atoms with E-state index in [4.69, 9.17) is 5.11 Å². The Morgan fingerprint density at radius 1 is 1.50 bits per heavy atom. The van der Waals surface area contributed by atoms with Gasteiger partial charge in [-0.15, -0.1) is 6.58 Å². The van der Waals surface area contributed by atoms with Gasteiger partial charge in [-0.25, -0.2) is 12.8 Å². The van der Waals surface area contributed by atoms with Crippen molar-refractivity contribution in [2.45, 2.75) is 11.8 Å². The van der Waals surface area contributed by atoms with Crippen LogP contribution >= 0.6 is 0 Å². The first-order valence-corrected chi connectivity index (χ1v) is 6.86. The third-order valence-electron chi connectivity index (χ3n) is 2.52. The third kappa shape index (κ3) is 2.95. The van der Waals surface area contributed by atoms with Crippen LogP contribution in [-0.2, 0) is 10.0 Å². The number of hydrogen-bond donors (Lipinski definition) is 1. The van der Waals surface area contributed by atoms with Gasteiger partial charge >= 0.3 is 0 Å². The smallest absolute Gasteiger partial charge is 0.243 e. The van der Waals surface area contributed by atoms with E-state index in [1.165, 1.54) is 31.2 Å². The van der Waals surface area contributed by atoms with Crippen molar-refractivity contribution < 1.29 is 17.9 Å².